The number of hydrogen-bond donors (Lipinski definition) is 0. The van der Waals surface area contributed by atoms with Crippen LogP contribution in [0.1, 0.15) is 56.9 Å². The average Bonchev–Trinajstić information content (AvgIpc) is 2.83. The van der Waals surface area contributed by atoms with Crippen LogP contribution >= 0.6 is 0 Å². The number of nitrogens with zero attached hydrogens (tertiary/aromatic N) is 1. The molecule has 134 valence electrons. The van der Waals surface area contributed by atoms with Crippen molar-refractivity contribution in [3.63, 3.8) is 0 Å². The van der Waals surface area contributed by atoms with Gasteiger partial charge < -0.3 is 9.64 Å². The molecular weight excluding hydrogens is 310 g/mol. The summed E-state index contributed by atoms with van der Waals surface area (Å²) >= 11 is 0. The van der Waals surface area contributed by atoms with Crippen LogP contribution in [0, 0.1) is 5.92 Å². The molecule has 3 heteroatoms. The van der Waals surface area contributed by atoms with E-state index in [1.807, 2.05) is 6.07 Å². The van der Waals surface area contributed by atoms with Gasteiger partial charge in [0.15, 0.2) is 0 Å². The quantitative estimate of drug-likeness (QED) is 0.760. The largest absolute Gasteiger partial charge is 0.462 e. The number of rotatable bonds is 4. The van der Waals surface area contributed by atoms with Crippen molar-refractivity contribution in [1.82, 2.24) is 4.90 Å². The number of carbonyl (C=O) groups excluding carboxylic acids is 1. The molecule has 0 saturated carbocycles. The standard InChI is InChI=1S/C22H29NO2/c1-23-18-11-12-19(23)15-20(14-18)25-22(24)13-17-9-5-6-10-21(17)16-7-3-2-4-8-16/h2-4,7-8,10,17-20H,5-6,9,11-15H2,1H3/t17?,18-,19+,20?. The molecule has 2 fully saturated rings. The first-order valence-corrected chi connectivity index (χ1v) is 9.87. The molecule has 25 heavy (non-hydrogen) atoms. The maximum Gasteiger partial charge on any atom is 0.306 e. The van der Waals surface area contributed by atoms with E-state index in [-0.39, 0.29) is 12.1 Å². The number of esters is 1. The van der Waals surface area contributed by atoms with Gasteiger partial charge in [0.25, 0.3) is 0 Å². The highest BCUT2D eigenvalue weighted by atomic mass is 16.5. The van der Waals surface area contributed by atoms with Gasteiger partial charge in [-0.25, -0.2) is 0 Å². The Morgan fingerprint density at radius 3 is 2.56 bits per heavy atom. The Morgan fingerprint density at radius 1 is 1.12 bits per heavy atom. The van der Waals surface area contributed by atoms with Gasteiger partial charge in [0, 0.05) is 12.1 Å². The van der Waals surface area contributed by atoms with Gasteiger partial charge in [-0.3, -0.25) is 4.79 Å². The van der Waals surface area contributed by atoms with E-state index in [4.69, 9.17) is 4.74 Å². The van der Waals surface area contributed by atoms with Crippen LogP contribution in [0.15, 0.2) is 36.4 Å². The first-order valence-electron chi connectivity index (χ1n) is 9.87. The Kier molecular flexibility index (Phi) is 4.93. The fourth-order valence-electron chi connectivity index (χ4n) is 5.03. The van der Waals surface area contributed by atoms with Crippen LogP contribution in [0.3, 0.4) is 0 Å². The van der Waals surface area contributed by atoms with Crippen molar-refractivity contribution in [3.05, 3.63) is 42.0 Å². The summed E-state index contributed by atoms with van der Waals surface area (Å²) in [4.78, 5) is 15.1. The highest BCUT2D eigenvalue weighted by molar-refractivity contribution is 5.76. The number of piperidine rings is 1. The molecule has 1 aromatic rings. The fraction of sp³-hybridized carbons (Fsp3) is 0.591. The second-order valence-electron chi connectivity index (χ2n) is 7.99. The van der Waals surface area contributed by atoms with Gasteiger partial charge >= 0.3 is 5.97 Å². The maximum absolute atomic E-state index is 12.6. The van der Waals surface area contributed by atoms with Crippen LogP contribution in [-0.2, 0) is 9.53 Å². The zero-order valence-electron chi connectivity index (χ0n) is 15.2. The first kappa shape index (κ1) is 16.8. The monoisotopic (exact) mass is 339 g/mol. The van der Waals surface area contributed by atoms with E-state index < -0.39 is 0 Å². The average molecular weight is 339 g/mol. The molecule has 0 N–H and O–H groups in total. The summed E-state index contributed by atoms with van der Waals surface area (Å²) in [7, 11) is 2.22. The van der Waals surface area contributed by atoms with E-state index in [0.717, 1.165) is 25.7 Å². The lowest BCUT2D eigenvalue weighted by molar-refractivity contribution is -0.153. The van der Waals surface area contributed by atoms with Crippen molar-refractivity contribution in [2.75, 3.05) is 7.05 Å². The molecular formula is C22H29NO2. The summed E-state index contributed by atoms with van der Waals surface area (Å²) in [5.74, 6) is 0.314. The zero-order chi connectivity index (χ0) is 17.2. The van der Waals surface area contributed by atoms with Crippen molar-refractivity contribution in [3.8, 4) is 0 Å². The Labute approximate surface area is 151 Å². The third-order valence-corrected chi connectivity index (χ3v) is 6.43. The summed E-state index contributed by atoms with van der Waals surface area (Å²) in [6.07, 6.45) is 10.9. The Bertz CT molecular complexity index is 625. The van der Waals surface area contributed by atoms with E-state index in [1.54, 1.807) is 0 Å². The summed E-state index contributed by atoms with van der Waals surface area (Å²) in [6, 6.07) is 11.7. The molecule has 0 amide bonds. The highest BCUT2D eigenvalue weighted by Crippen LogP contribution is 2.37. The fourth-order valence-corrected chi connectivity index (χ4v) is 5.03. The predicted octanol–water partition coefficient (Wildman–Crippen LogP) is 4.43. The third-order valence-electron chi connectivity index (χ3n) is 6.43. The van der Waals surface area contributed by atoms with Crippen molar-refractivity contribution in [2.45, 2.75) is 69.6 Å². The van der Waals surface area contributed by atoms with Gasteiger partial charge in [-0.1, -0.05) is 36.4 Å². The second kappa shape index (κ2) is 7.33. The lowest BCUT2D eigenvalue weighted by atomic mass is 9.82. The number of benzene rings is 1. The van der Waals surface area contributed by atoms with Gasteiger partial charge in [0.2, 0.25) is 0 Å². The van der Waals surface area contributed by atoms with E-state index >= 15 is 0 Å². The van der Waals surface area contributed by atoms with E-state index in [1.165, 1.54) is 30.4 Å². The van der Waals surface area contributed by atoms with E-state index in [9.17, 15) is 4.79 Å². The molecule has 4 atom stereocenters. The molecule has 2 saturated heterocycles. The zero-order valence-corrected chi connectivity index (χ0v) is 15.2. The van der Waals surface area contributed by atoms with Crippen molar-refractivity contribution in [2.24, 2.45) is 5.92 Å². The predicted molar refractivity (Wildman–Crippen MR) is 100 cm³/mol. The number of hydrogen-bond acceptors (Lipinski definition) is 3. The minimum atomic E-state index is 0.00249. The Hall–Kier alpha value is -1.61. The van der Waals surface area contributed by atoms with Crippen molar-refractivity contribution in [1.29, 1.82) is 0 Å². The number of fused-ring (bicyclic) bond motifs is 2. The van der Waals surface area contributed by atoms with Gasteiger partial charge in [-0.15, -0.1) is 0 Å². The summed E-state index contributed by atoms with van der Waals surface area (Å²) in [6.45, 7) is 0. The van der Waals surface area contributed by atoms with Crippen LogP contribution in [0.4, 0.5) is 0 Å². The third kappa shape index (κ3) is 3.67. The molecule has 2 aliphatic heterocycles. The number of ether oxygens (including phenoxy) is 1. The lowest BCUT2D eigenvalue weighted by Gasteiger charge is -2.36. The molecule has 4 rings (SSSR count). The minimum absolute atomic E-state index is 0.00249. The molecule has 1 aliphatic carbocycles. The van der Waals surface area contributed by atoms with Crippen molar-refractivity contribution >= 4 is 11.5 Å². The number of allylic oxidation sites excluding steroid dienone is 2. The molecule has 1 aromatic carbocycles. The van der Waals surface area contributed by atoms with Crippen LogP contribution in [-0.4, -0.2) is 36.1 Å². The van der Waals surface area contributed by atoms with Gasteiger partial charge in [0.05, 0.1) is 6.42 Å². The lowest BCUT2D eigenvalue weighted by Crippen LogP contribution is -2.43. The highest BCUT2D eigenvalue weighted by Gasteiger charge is 2.40. The first-order chi connectivity index (χ1) is 12.2. The van der Waals surface area contributed by atoms with Gasteiger partial charge in [-0.05, 0) is 69.0 Å². The van der Waals surface area contributed by atoms with E-state index in [0.29, 0.717) is 24.4 Å². The molecule has 0 spiro atoms. The smallest absolute Gasteiger partial charge is 0.306 e. The molecule has 3 aliphatic rings. The molecule has 2 heterocycles. The van der Waals surface area contributed by atoms with Crippen LogP contribution < -0.4 is 0 Å². The molecule has 0 radical (unpaired) electrons. The van der Waals surface area contributed by atoms with Crippen molar-refractivity contribution < 1.29 is 9.53 Å². The molecule has 2 unspecified atom stereocenters. The normalized spacial score (nSPS) is 32.3. The topological polar surface area (TPSA) is 29.5 Å². The minimum Gasteiger partial charge on any atom is -0.462 e. The van der Waals surface area contributed by atoms with Gasteiger partial charge in [-0.2, -0.15) is 0 Å². The van der Waals surface area contributed by atoms with Crippen LogP contribution in [0.2, 0.25) is 0 Å². The Morgan fingerprint density at radius 2 is 1.84 bits per heavy atom. The SMILES string of the molecule is CN1[C@@H]2CC[C@H]1CC(OC(=O)CC1CCCC=C1c1ccccc1)C2. The summed E-state index contributed by atoms with van der Waals surface area (Å²) < 4.78 is 5.91. The molecule has 0 aromatic heterocycles. The number of carbonyl (C=O) groups is 1. The molecule has 2 bridgehead atoms. The van der Waals surface area contributed by atoms with E-state index in [2.05, 4.69) is 42.3 Å². The summed E-state index contributed by atoms with van der Waals surface area (Å²) in [5, 5.41) is 0. The maximum atomic E-state index is 12.6. The Balaban J connectivity index is 1.37. The van der Waals surface area contributed by atoms with Gasteiger partial charge in [0.1, 0.15) is 6.10 Å². The second-order valence-corrected chi connectivity index (χ2v) is 7.99. The van der Waals surface area contributed by atoms with Crippen LogP contribution in [0.25, 0.3) is 5.57 Å². The summed E-state index contributed by atoms with van der Waals surface area (Å²) in [5.41, 5.74) is 2.60. The molecule has 3 nitrogen and oxygen atoms in total. The van der Waals surface area contributed by atoms with Crippen LogP contribution in [0.5, 0.6) is 0 Å².